The SMILES string of the molecule is CC(=O)N1CC=C(C2=CC(C(=O)N3CCCC4CCCCC43)CS2)CC1. The molecule has 1 aliphatic carbocycles. The minimum absolute atomic E-state index is 0.0439. The van der Waals surface area contributed by atoms with Crippen LogP contribution in [0, 0.1) is 11.8 Å². The van der Waals surface area contributed by atoms with Gasteiger partial charge < -0.3 is 9.80 Å². The predicted octanol–water partition coefficient (Wildman–Crippen LogP) is 3.59. The molecule has 3 aliphatic heterocycles. The fraction of sp³-hybridized carbons (Fsp3) is 0.714. The molecule has 0 spiro atoms. The van der Waals surface area contributed by atoms with Crippen LogP contribution in [-0.2, 0) is 9.59 Å². The van der Waals surface area contributed by atoms with Gasteiger partial charge >= 0.3 is 0 Å². The molecule has 3 atom stereocenters. The van der Waals surface area contributed by atoms with Crippen LogP contribution in [-0.4, -0.2) is 53.0 Å². The minimum atomic E-state index is 0.0439. The largest absolute Gasteiger partial charge is 0.339 e. The summed E-state index contributed by atoms with van der Waals surface area (Å²) in [6.07, 6.45) is 12.9. The first kappa shape index (κ1) is 18.1. The summed E-state index contributed by atoms with van der Waals surface area (Å²) in [7, 11) is 0. The molecule has 3 unspecified atom stereocenters. The zero-order chi connectivity index (χ0) is 18.1. The summed E-state index contributed by atoms with van der Waals surface area (Å²) in [5.41, 5.74) is 1.33. The highest BCUT2D eigenvalue weighted by molar-refractivity contribution is 8.03. The summed E-state index contributed by atoms with van der Waals surface area (Å²) in [5, 5.41) is 0. The molecule has 2 amide bonds. The number of piperidine rings is 1. The fourth-order valence-electron chi connectivity index (χ4n) is 5.09. The third kappa shape index (κ3) is 3.60. The van der Waals surface area contributed by atoms with Crippen molar-refractivity contribution in [2.24, 2.45) is 11.8 Å². The van der Waals surface area contributed by atoms with Gasteiger partial charge in [-0.1, -0.05) is 25.0 Å². The molecule has 1 saturated heterocycles. The standard InChI is InChI=1S/C21H30N2O2S/c1-15(24)22-11-8-17(9-12-22)20-13-18(14-26-20)21(25)23-10-4-6-16-5-2-3-7-19(16)23/h8,13,16,18-19H,2-7,9-12,14H2,1H3. The molecule has 0 aromatic carbocycles. The minimum Gasteiger partial charge on any atom is -0.339 e. The van der Waals surface area contributed by atoms with Crippen LogP contribution >= 0.6 is 11.8 Å². The van der Waals surface area contributed by atoms with Gasteiger partial charge in [0.15, 0.2) is 0 Å². The van der Waals surface area contributed by atoms with Crippen LogP contribution in [0.5, 0.6) is 0 Å². The van der Waals surface area contributed by atoms with Gasteiger partial charge in [-0.15, -0.1) is 11.8 Å². The molecule has 142 valence electrons. The number of allylic oxidation sites excluding steroid dienone is 1. The monoisotopic (exact) mass is 374 g/mol. The van der Waals surface area contributed by atoms with Crippen molar-refractivity contribution in [3.8, 4) is 0 Å². The van der Waals surface area contributed by atoms with E-state index in [9.17, 15) is 9.59 Å². The Balaban J connectivity index is 1.42. The van der Waals surface area contributed by atoms with Gasteiger partial charge in [0.1, 0.15) is 0 Å². The lowest BCUT2D eigenvalue weighted by Gasteiger charge is -2.44. The lowest BCUT2D eigenvalue weighted by Crippen LogP contribution is -2.51. The molecular formula is C21H30N2O2S. The topological polar surface area (TPSA) is 40.6 Å². The summed E-state index contributed by atoms with van der Waals surface area (Å²) in [5.74, 6) is 2.19. The van der Waals surface area contributed by atoms with Crippen LogP contribution < -0.4 is 0 Å². The summed E-state index contributed by atoms with van der Waals surface area (Å²) >= 11 is 1.83. The predicted molar refractivity (Wildman–Crippen MR) is 106 cm³/mol. The van der Waals surface area contributed by atoms with Crippen molar-refractivity contribution in [1.29, 1.82) is 0 Å². The van der Waals surface area contributed by atoms with Crippen LogP contribution in [0.4, 0.5) is 0 Å². The normalized spacial score (nSPS) is 32.0. The summed E-state index contributed by atoms with van der Waals surface area (Å²) in [6, 6.07) is 0.505. The number of amides is 2. The molecular weight excluding hydrogens is 344 g/mol. The van der Waals surface area contributed by atoms with Gasteiger partial charge in [0, 0.05) is 43.3 Å². The Morgan fingerprint density at radius 1 is 1.12 bits per heavy atom. The Labute approximate surface area is 161 Å². The van der Waals surface area contributed by atoms with E-state index < -0.39 is 0 Å². The van der Waals surface area contributed by atoms with E-state index in [1.807, 2.05) is 16.7 Å². The van der Waals surface area contributed by atoms with E-state index in [1.165, 1.54) is 49.0 Å². The molecule has 0 aromatic heterocycles. The third-order valence-electron chi connectivity index (χ3n) is 6.59. The molecule has 1 saturated carbocycles. The lowest BCUT2D eigenvalue weighted by atomic mass is 9.78. The molecule has 4 rings (SSSR count). The van der Waals surface area contributed by atoms with Gasteiger partial charge in [-0.2, -0.15) is 0 Å². The lowest BCUT2D eigenvalue weighted by molar-refractivity contribution is -0.139. The van der Waals surface area contributed by atoms with Crippen molar-refractivity contribution in [1.82, 2.24) is 9.80 Å². The van der Waals surface area contributed by atoms with E-state index in [4.69, 9.17) is 0 Å². The second-order valence-corrected chi connectivity index (χ2v) is 9.24. The molecule has 0 N–H and O–H groups in total. The van der Waals surface area contributed by atoms with Gasteiger partial charge in [0.05, 0.1) is 5.92 Å². The van der Waals surface area contributed by atoms with E-state index in [0.717, 1.165) is 31.2 Å². The average Bonchev–Trinajstić information content (AvgIpc) is 3.17. The van der Waals surface area contributed by atoms with E-state index in [1.54, 1.807) is 6.92 Å². The maximum absolute atomic E-state index is 13.2. The van der Waals surface area contributed by atoms with Gasteiger partial charge in [-0.25, -0.2) is 0 Å². The fourth-order valence-corrected chi connectivity index (χ4v) is 6.32. The number of likely N-dealkylation sites (tertiary alicyclic amines) is 1. The second-order valence-electron chi connectivity index (χ2n) is 8.18. The number of rotatable bonds is 2. The smallest absolute Gasteiger partial charge is 0.230 e. The molecule has 4 aliphatic rings. The average molecular weight is 375 g/mol. The van der Waals surface area contributed by atoms with Crippen LogP contribution in [0.3, 0.4) is 0 Å². The first-order valence-electron chi connectivity index (χ1n) is 10.2. The van der Waals surface area contributed by atoms with Crippen molar-refractivity contribution in [2.45, 2.75) is 57.9 Å². The van der Waals surface area contributed by atoms with Crippen molar-refractivity contribution in [3.63, 3.8) is 0 Å². The Morgan fingerprint density at radius 3 is 2.69 bits per heavy atom. The molecule has 0 radical (unpaired) electrons. The van der Waals surface area contributed by atoms with Gasteiger partial charge in [0.25, 0.3) is 0 Å². The molecule has 26 heavy (non-hydrogen) atoms. The number of hydrogen-bond donors (Lipinski definition) is 0. The molecule has 4 nitrogen and oxygen atoms in total. The molecule has 2 fully saturated rings. The van der Waals surface area contributed by atoms with Crippen LogP contribution in [0.15, 0.2) is 22.6 Å². The number of hydrogen-bond acceptors (Lipinski definition) is 3. The molecule has 5 heteroatoms. The van der Waals surface area contributed by atoms with Crippen molar-refractivity contribution in [2.75, 3.05) is 25.4 Å². The highest BCUT2D eigenvalue weighted by Gasteiger charge is 2.38. The summed E-state index contributed by atoms with van der Waals surface area (Å²) < 4.78 is 0. The Kier molecular flexibility index (Phi) is 5.44. The van der Waals surface area contributed by atoms with Crippen molar-refractivity contribution >= 4 is 23.6 Å². The van der Waals surface area contributed by atoms with Crippen LogP contribution in [0.25, 0.3) is 0 Å². The third-order valence-corrected chi connectivity index (χ3v) is 7.82. The first-order chi connectivity index (χ1) is 12.6. The highest BCUT2D eigenvalue weighted by atomic mass is 32.2. The molecule has 0 bridgehead atoms. The van der Waals surface area contributed by atoms with Gasteiger partial charge in [-0.05, 0) is 43.6 Å². The number of thioether (sulfide) groups is 1. The van der Waals surface area contributed by atoms with Crippen LogP contribution in [0.1, 0.15) is 51.9 Å². The quantitative estimate of drug-likeness (QED) is 0.742. The first-order valence-corrected chi connectivity index (χ1v) is 11.2. The number of carbonyl (C=O) groups is 2. The summed E-state index contributed by atoms with van der Waals surface area (Å²) in [4.78, 5) is 30.1. The zero-order valence-corrected chi connectivity index (χ0v) is 16.6. The van der Waals surface area contributed by atoms with Crippen molar-refractivity contribution in [3.05, 3.63) is 22.6 Å². The highest BCUT2D eigenvalue weighted by Crippen LogP contribution is 2.40. The molecule has 3 heterocycles. The number of carbonyl (C=O) groups excluding carboxylic acids is 2. The van der Waals surface area contributed by atoms with Gasteiger partial charge in [0.2, 0.25) is 11.8 Å². The maximum Gasteiger partial charge on any atom is 0.230 e. The van der Waals surface area contributed by atoms with E-state index in [0.29, 0.717) is 18.5 Å². The summed E-state index contributed by atoms with van der Waals surface area (Å²) in [6.45, 7) is 4.10. The second kappa shape index (κ2) is 7.79. The number of fused-ring (bicyclic) bond motifs is 1. The number of nitrogens with zero attached hydrogens (tertiary/aromatic N) is 2. The van der Waals surface area contributed by atoms with E-state index >= 15 is 0 Å². The molecule has 0 aromatic rings. The van der Waals surface area contributed by atoms with Crippen LogP contribution in [0.2, 0.25) is 0 Å². The Hall–Kier alpha value is -1.23. The maximum atomic E-state index is 13.2. The van der Waals surface area contributed by atoms with E-state index in [2.05, 4.69) is 17.1 Å². The van der Waals surface area contributed by atoms with E-state index in [-0.39, 0.29) is 11.8 Å². The zero-order valence-electron chi connectivity index (χ0n) is 15.8. The Morgan fingerprint density at radius 2 is 1.92 bits per heavy atom. The van der Waals surface area contributed by atoms with Crippen molar-refractivity contribution < 1.29 is 9.59 Å². The van der Waals surface area contributed by atoms with Gasteiger partial charge in [-0.3, -0.25) is 9.59 Å². The Bertz CT molecular complexity index is 640.